The van der Waals surface area contributed by atoms with Crippen molar-refractivity contribution in [2.45, 2.75) is 45.4 Å². The minimum Gasteiger partial charge on any atom is -0.369 e. The summed E-state index contributed by atoms with van der Waals surface area (Å²) in [5, 5.41) is 11.6. The van der Waals surface area contributed by atoms with Crippen molar-refractivity contribution in [1.29, 1.82) is 0 Å². The van der Waals surface area contributed by atoms with E-state index in [0.717, 1.165) is 19.4 Å². The molecule has 0 aliphatic heterocycles. The summed E-state index contributed by atoms with van der Waals surface area (Å²) in [7, 11) is 1.87. The molecule has 2 aromatic rings. The highest BCUT2D eigenvalue weighted by Crippen LogP contribution is 2.29. The molecule has 0 bridgehead atoms. The van der Waals surface area contributed by atoms with E-state index in [1.165, 1.54) is 31.7 Å². The van der Waals surface area contributed by atoms with Gasteiger partial charge in [0.15, 0.2) is 5.78 Å². The van der Waals surface area contributed by atoms with Crippen LogP contribution in [0.2, 0.25) is 0 Å². The molecule has 0 saturated carbocycles. The Hall–Kier alpha value is -2.69. The molecule has 5 nitrogen and oxygen atoms in total. The first-order valence-corrected chi connectivity index (χ1v) is 9.64. The quantitative estimate of drug-likeness (QED) is 0.223. The Bertz CT molecular complexity index is 759. The maximum Gasteiger partial charge on any atom is 0.293 e. The first-order chi connectivity index (χ1) is 13.0. The van der Waals surface area contributed by atoms with Crippen molar-refractivity contribution in [1.82, 2.24) is 0 Å². The van der Waals surface area contributed by atoms with Gasteiger partial charge in [0, 0.05) is 30.8 Å². The Morgan fingerprint density at radius 2 is 1.63 bits per heavy atom. The van der Waals surface area contributed by atoms with E-state index in [1.807, 2.05) is 18.0 Å². The van der Waals surface area contributed by atoms with Crippen molar-refractivity contribution in [3.63, 3.8) is 0 Å². The van der Waals surface area contributed by atoms with Gasteiger partial charge in [-0.2, -0.15) is 0 Å². The molecule has 0 amide bonds. The van der Waals surface area contributed by atoms with Crippen molar-refractivity contribution in [2.24, 2.45) is 0 Å². The summed E-state index contributed by atoms with van der Waals surface area (Å²) in [5.74, 6) is -0.205. The number of carbonyl (C=O) groups excluding carboxylic acids is 1. The molecule has 2 aromatic carbocycles. The third-order valence-electron chi connectivity index (χ3n) is 4.73. The second-order valence-electron chi connectivity index (χ2n) is 6.85. The average Bonchev–Trinajstić information content (AvgIpc) is 2.70. The van der Waals surface area contributed by atoms with E-state index in [1.54, 1.807) is 36.4 Å². The summed E-state index contributed by atoms with van der Waals surface area (Å²) < 4.78 is 0. The number of anilines is 1. The molecule has 0 atom stereocenters. The summed E-state index contributed by atoms with van der Waals surface area (Å²) in [6.45, 7) is 2.96. The van der Waals surface area contributed by atoms with E-state index in [4.69, 9.17) is 0 Å². The highest BCUT2D eigenvalue weighted by atomic mass is 16.6. The zero-order valence-electron chi connectivity index (χ0n) is 16.2. The maximum atomic E-state index is 12.6. The summed E-state index contributed by atoms with van der Waals surface area (Å²) in [6.07, 6.45) is 7.06. The summed E-state index contributed by atoms with van der Waals surface area (Å²) >= 11 is 0. The second kappa shape index (κ2) is 10.5. The van der Waals surface area contributed by atoms with E-state index in [9.17, 15) is 14.9 Å². The van der Waals surface area contributed by atoms with Crippen molar-refractivity contribution in [3.05, 3.63) is 69.8 Å². The fourth-order valence-corrected chi connectivity index (χ4v) is 3.14. The number of rotatable bonds is 11. The fraction of sp³-hybridized carbons (Fsp3) is 0.409. The fourth-order valence-electron chi connectivity index (χ4n) is 3.14. The van der Waals surface area contributed by atoms with Crippen LogP contribution in [0.15, 0.2) is 48.5 Å². The van der Waals surface area contributed by atoms with Crippen LogP contribution in [0, 0.1) is 10.1 Å². The SMILES string of the molecule is CCCCCCCCN(C)c1ccc(C(=O)c2ccccc2)cc1[N+](=O)[O-]. The Kier molecular flexibility index (Phi) is 7.99. The van der Waals surface area contributed by atoms with Crippen LogP contribution < -0.4 is 4.90 Å². The number of unbranched alkanes of at least 4 members (excludes halogenated alkanes) is 5. The zero-order chi connectivity index (χ0) is 19.6. The Morgan fingerprint density at radius 1 is 0.963 bits per heavy atom. The standard InChI is InChI=1S/C22H28N2O3/c1-3-4-5-6-7-11-16-23(2)20-15-14-19(17-21(20)24(26)27)22(25)18-12-9-8-10-13-18/h8-10,12-15,17H,3-7,11,16H2,1-2H3. The van der Waals surface area contributed by atoms with Gasteiger partial charge in [0.2, 0.25) is 0 Å². The molecular formula is C22H28N2O3. The second-order valence-corrected chi connectivity index (χ2v) is 6.85. The number of benzene rings is 2. The predicted octanol–water partition coefficient (Wildman–Crippen LogP) is 5.62. The maximum absolute atomic E-state index is 12.6. The third-order valence-corrected chi connectivity index (χ3v) is 4.73. The molecular weight excluding hydrogens is 340 g/mol. The topological polar surface area (TPSA) is 63.5 Å². The van der Waals surface area contributed by atoms with Gasteiger partial charge in [-0.25, -0.2) is 0 Å². The number of carbonyl (C=O) groups is 1. The van der Waals surface area contributed by atoms with Crippen LogP contribution in [0.4, 0.5) is 11.4 Å². The van der Waals surface area contributed by atoms with E-state index >= 15 is 0 Å². The lowest BCUT2D eigenvalue weighted by atomic mass is 10.0. The highest BCUT2D eigenvalue weighted by molar-refractivity contribution is 6.09. The number of hydrogen-bond donors (Lipinski definition) is 0. The number of nitro benzene ring substituents is 1. The van der Waals surface area contributed by atoms with Gasteiger partial charge in [0.1, 0.15) is 5.69 Å². The van der Waals surface area contributed by atoms with Gasteiger partial charge < -0.3 is 4.90 Å². The molecule has 0 aliphatic rings. The Balaban J connectivity index is 2.08. The average molecular weight is 368 g/mol. The molecule has 0 aromatic heterocycles. The van der Waals surface area contributed by atoms with Crippen LogP contribution in [0.25, 0.3) is 0 Å². The lowest BCUT2D eigenvalue weighted by Gasteiger charge is -2.19. The van der Waals surface area contributed by atoms with Gasteiger partial charge in [-0.1, -0.05) is 69.4 Å². The number of hydrogen-bond acceptors (Lipinski definition) is 4. The summed E-state index contributed by atoms with van der Waals surface area (Å²) in [5.41, 5.74) is 1.40. The van der Waals surface area contributed by atoms with Crippen LogP contribution >= 0.6 is 0 Å². The number of ketones is 1. The number of nitro groups is 1. The Labute approximate surface area is 161 Å². The molecule has 144 valence electrons. The van der Waals surface area contributed by atoms with E-state index in [0.29, 0.717) is 16.8 Å². The van der Waals surface area contributed by atoms with E-state index in [2.05, 4.69) is 6.92 Å². The molecule has 0 N–H and O–H groups in total. The molecule has 0 heterocycles. The first-order valence-electron chi connectivity index (χ1n) is 9.64. The van der Waals surface area contributed by atoms with E-state index in [-0.39, 0.29) is 11.5 Å². The van der Waals surface area contributed by atoms with Crippen LogP contribution in [-0.2, 0) is 0 Å². The molecule has 0 fully saturated rings. The van der Waals surface area contributed by atoms with E-state index < -0.39 is 4.92 Å². The van der Waals surface area contributed by atoms with Crippen LogP contribution in [0.5, 0.6) is 0 Å². The number of nitrogens with zero attached hydrogens (tertiary/aromatic N) is 2. The van der Waals surface area contributed by atoms with Gasteiger partial charge in [0.05, 0.1) is 4.92 Å². The minimum absolute atomic E-state index is 0.0229. The van der Waals surface area contributed by atoms with Crippen LogP contribution in [0.3, 0.4) is 0 Å². The molecule has 0 aliphatic carbocycles. The summed E-state index contributed by atoms with van der Waals surface area (Å²) in [4.78, 5) is 25.6. The molecule has 0 unspecified atom stereocenters. The zero-order valence-corrected chi connectivity index (χ0v) is 16.2. The van der Waals surface area contributed by atoms with Gasteiger partial charge in [-0.15, -0.1) is 0 Å². The molecule has 5 heteroatoms. The molecule has 2 rings (SSSR count). The molecule has 27 heavy (non-hydrogen) atoms. The third kappa shape index (κ3) is 5.91. The lowest BCUT2D eigenvalue weighted by Crippen LogP contribution is -2.20. The normalized spacial score (nSPS) is 10.6. The largest absolute Gasteiger partial charge is 0.369 e. The van der Waals surface area contributed by atoms with Crippen molar-refractivity contribution in [2.75, 3.05) is 18.5 Å². The van der Waals surface area contributed by atoms with Gasteiger partial charge in [-0.3, -0.25) is 14.9 Å². The van der Waals surface area contributed by atoms with Crippen LogP contribution in [0.1, 0.15) is 61.4 Å². The summed E-state index contributed by atoms with van der Waals surface area (Å²) in [6, 6.07) is 13.6. The monoisotopic (exact) mass is 368 g/mol. The minimum atomic E-state index is -0.408. The smallest absolute Gasteiger partial charge is 0.293 e. The molecule has 0 spiro atoms. The predicted molar refractivity (Wildman–Crippen MR) is 110 cm³/mol. The van der Waals surface area contributed by atoms with Gasteiger partial charge in [-0.05, 0) is 18.6 Å². The Morgan fingerprint density at radius 3 is 2.30 bits per heavy atom. The van der Waals surface area contributed by atoms with Gasteiger partial charge in [0.25, 0.3) is 5.69 Å². The molecule has 0 radical (unpaired) electrons. The van der Waals surface area contributed by atoms with Gasteiger partial charge >= 0.3 is 0 Å². The van der Waals surface area contributed by atoms with Crippen molar-refractivity contribution >= 4 is 17.2 Å². The highest BCUT2D eigenvalue weighted by Gasteiger charge is 2.20. The van der Waals surface area contributed by atoms with Crippen molar-refractivity contribution in [3.8, 4) is 0 Å². The van der Waals surface area contributed by atoms with Crippen molar-refractivity contribution < 1.29 is 9.72 Å². The first kappa shape index (κ1) is 20.6. The van der Waals surface area contributed by atoms with Crippen LogP contribution in [-0.4, -0.2) is 24.3 Å². The molecule has 0 saturated heterocycles. The lowest BCUT2D eigenvalue weighted by molar-refractivity contribution is -0.384.